The van der Waals surface area contributed by atoms with Crippen LogP contribution >= 0.6 is 0 Å². The number of nitrogens with one attached hydrogen (secondary N) is 1. The second kappa shape index (κ2) is 4.11. The first-order valence-electron chi connectivity index (χ1n) is 6.01. The largest absolute Gasteiger partial charge is 0.299 e. The van der Waals surface area contributed by atoms with Crippen molar-refractivity contribution in [1.82, 2.24) is 9.78 Å². The topological polar surface area (TPSA) is 37.8 Å². The molecule has 0 fully saturated rings. The third-order valence-corrected chi connectivity index (χ3v) is 2.79. The fourth-order valence-corrected chi connectivity index (χ4v) is 1.98. The predicted octanol–water partition coefficient (Wildman–Crippen LogP) is 3.18. The molecule has 0 spiro atoms. The van der Waals surface area contributed by atoms with Crippen LogP contribution < -0.4 is 5.56 Å². The maximum absolute atomic E-state index is 12.3. The molecule has 1 rings (SSSR count). The van der Waals surface area contributed by atoms with Gasteiger partial charge < -0.3 is 0 Å². The van der Waals surface area contributed by atoms with Crippen LogP contribution in [0.25, 0.3) is 0 Å². The fraction of sp³-hybridized carbons (Fsp3) is 0.769. The van der Waals surface area contributed by atoms with Gasteiger partial charge in [-0.05, 0) is 25.2 Å². The van der Waals surface area contributed by atoms with E-state index in [0.717, 1.165) is 11.3 Å². The van der Waals surface area contributed by atoms with Crippen LogP contribution in [0.15, 0.2) is 4.79 Å². The molecule has 0 aromatic carbocycles. The molecular formula is C13H24N2O. The molecule has 0 aliphatic heterocycles. The maximum Gasteiger partial charge on any atom is 0.270 e. The summed E-state index contributed by atoms with van der Waals surface area (Å²) in [6.07, 6.45) is 0. The summed E-state index contributed by atoms with van der Waals surface area (Å²) >= 11 is 0. The van der Waals surface area contributed by atoms with E-state index in [1.54, 1.807) is 4.68 Å². The summed E-state index contributed by atoms with van der Waals surface area (Å²) in [4.78, 5) is 12.3. The van der Waals surface area contributed by atoms with Crippen LogP contribution in [0.5, 0.6) is 0 Å². The average molecular weight is 224 g/mol. The van der Waals surface area contributed by atoms with Crippen LogP contribution in [0, 0.1) is 0 Å². The van der Waals surface area contributed by atoms with Gasteiger partial charge in [-0.1, -0.05) is 34.6 Å². The van der Waals surface area contributed by atoms with E-state index in [1.807, 2.05) is 13.8 Å². The molecule has 0 saturated heterocycles. The van der Waals surface area contributed by atoms with E-state index in [9.17, 15) is 4.79 Å². The number of aromatic amines is 1. The van der Waals surface area contributed by atoms with Gasteiger partial charge in [0, 0.05) is 17.3 Å². The third kappa shape index (κ3) is 2.23. The standard InChI is InChI=1S/C13H24N2O/c1-8(2)11-10(13(5,6)7)12(16)15(14-11)9(3)4/h8-9,14H,1-7H3. The number of hydrogen-bond donors (Lipinski definition) is 1. The first-order chi connectivity index (χ1) is 7.16. The molecule has 0 atom stereocenters. The Morgan fingerprint density at radius 1 is 1.12 bits per heavy atom. The fourth-order valence-electron chi connectivity index (χ4n) is 1.98. The summed E-state index contributed by atoms with van der Waals surface area (Å²) in [6, 6.07) is 0.182. The van der Waals surface area contributed by atoms with Crippen molar-refractivity contribution in [2.45, 2.75) is 65.8 Å². The van der Waals surface area contributed by atoms with E-state index in [-0.39, 0.29) is 17.0 Å². The van der Waals surface area contributed by atoms with E-state index in [2.05, 4.69) is 39.7 Å². The van der Waals surface area contributed by atoms with Crippen molar-refractivity contribution in [3.8, 4) is 0 Å². The lowest BCUT2D eigenvalue weighted by atomic mass is 9.85. The van der Waals surface area contributed by atoms with E-state index in [0.29, 0.717) is 5.92 Å². The van der Waals surface area contributed by atoms with E-state index < -0.39 is 0 Å². The zero-order chi connectivity index (χ0) is 12.7. The molecule has 0 radical (unpaired) electrons. The van der Waals surface area contributed by atoms with Gasteiger partial charge in [-0.15, -0.1) is 0 Å². The summed E-state index contributed by atoms with van der Waals surface area (Å²) in [7, 11) is 0. The summed E-state index contributed by atoms with van der Waals surface area (Å²) in [5.41, 5.74) is 2.03. The van der Waals surface area contributed by atoms with Gasteiger partial charge in [0.05, 0.1) is 0 Å². The van der Waals surface area contributed by atoms with Gasteiger partial charge in [-0.3, -0.25) is 14.6 Å². The van der Waals surface area contributed by atoms with Crippen molar-refractivity contribution in [2.24, 2.45) is 0 Å². The number of rotatable bonds is 2. The van der Waals surface area contributed by atoms with Gasteiger partial charge >= 0.3 is 0 Å². The van der Waals surface area contributed by atoms with E-state index >= 15 is 0 Å². The minimum atomic E-state index is -0.104. The Labute approximate surface area is 97.8 Å². The summed E-state index contributed by atoms with van der Waals surface area (Å²) in [6.45, 7) is 14.6. The molecule has 1 heterocycles. The molecule has 0 saturated carbocycles. The normalized spacial score (nSPS) is 12.8. The SMILES string of the molecule is CC(C)c1[nH]n(C(C)C)c(=O)c1C(C)(C)C. The molecular weight excluding hydrogens is 200 g/mol. The maximum atomic E-state index is 12.3. The molecule has 16 heavy (non-hydrogen) atoms. The van der Waals surface area contributed by atoms with Crippen molar-refractivity contribution >= 4 is 0 Å². The van der Waals surface area contributed by atoms with Crippen molar-refractivity contribution < 1.29 is 0 Å². The molecule has 1 aromatic heterocycles. The lowest BCUT2D eigenvalue weighted by Gasteiger charge is -2.18. The van der Waals surface area contributed by atoms with Gasteiger partial charge in [-0.25, -0.2) is 0 Å². The molecule has 0 aliphatic rings. The van der Waals surface area contributed by atoms with Crippen LogP contribution in [0.2, 0.25) is 0 Å². The molecule has 0 amide bonds. The molecule has 1 aromatic rings. The molecule has 1 N–H and O–H groups in total. The molecule has 0 unspecified atom stereocenters. The lowest BCUT2D eigenvalue weighted by Crippen LogP contribution is -2.27. The van der Waals surface area contributed by atoms with E-state index in [1.165, 1.54) is 0 Å². The molecule has 92 valence electrons. The van der Waals surface area contributed by atoms with Crippen LogP contribution in [0.1, 0.15) is 71.7 Å². The highest BCUT2D eigenvalue weighted by Crippen LogP contribution is 2.27. The highest BCUT2D eigenvalue weighted by Gasteiger charge is 2.27. The van der Waals surface area contributed by atoms with Crippen LogP contribution in [-0.2, 0) is 5.41 Å². The third-order valence-electron chi connectivity index (χ3n) is 2.79. The summed E-state index contributed by atoms with van der Waals surface area (Å²) in [5, 5.41) is 3.26. The number of hydrogen-bond acceptors (Lipinski definition) is 1. The van der Waals surface area contributed by atoms with Gasteiger partial charge in [0.2, 0.25) is 0 Å². The Kier molecular flexibility index (Phi) is 3.36. The van der Waals surface area contributed by atoms with Gasteiger partial charge in [0.1, 0.15) is 0 Å². The van der Waals surface area contributed by atoms with Gasteiger partial charge in [-0.2, -0.15) is 0 Å². The van der Waals surface area contributed by atoms with Crippen molar-refractivity contribution in [3.05, 3.63) is 21.6 Å². The highest BCUT2D eigenvalue weighted by atomic mass is 16.1. The number of aromatic nitrogens is 2. The van der Waals surface area contributed by atoms with E-state index in [4.69, 9.17) is 0 Å². The molecule has 3 heteroatoms. The van der Waals surface area contributed by atoms with Crippen LogP contribution in [0.3, 0.4) is 0 Å². The Hall–Kier alpha value is -0.990. The predicted molar refractivity (Wildman–Crippen MR) is 68.2 cm³/mol. The highest BCUT2D eigenvalue weighted by molar-refractivity contribution is 5.27. The molecule has 0 aliphatic carbocycles. The lowest BCUT2D eigenvalue weighted by molar-refractivity contribution is 0.506. The van der Waals surface area contributed by atoms with Crippen molar-refractivity contribution in [2.75, 3.05) is 0 Å². The Balaban J connectivity index is 3.51. The van der Waals surface area contributed by atoms with Crippen molar-refractivity contribution in [3.63, 3.8) is 0 Å². The minimum Gasteiger partial charge on any atom is -0.299 e. The summed E-state index contributed by atoms with van der Waals surface area (Å²) < 4.78 is 1.73. The quantitative estimate of drug-likeness (QED) is 0.823. The monoisotopic (exact) mass is 224 g/mol. The molecule has 0 bridgehead atoms. The average Bonchev–Trinajstić information content (AvgIpc) is 2.41. The Morgan fingerprint density at radius 3 is 1.88 bits per heavy atom. The van der Waals surface area contributed by atoms with Crippen LogP contribution in [-0.4, -0.2) is 9.78 Å². The smallest absolute Gasteiger partial charge is 0.270 e. The van der Waals surface area contributed by atoms with Crippen LogP contribution in [0.4, 0.5) is 0 Å². The Bertz CT molecular complexity index is 416. The Morgan fingerprint density at radius 2 is 1.62 bits per heavy atom. The minimum absolute atomic E-state index is 0.104. The zero-order valence-electron chi connectivity index (χ0n) is 11.5. The molecule has 3 nitrogen and oxygen atoms in total. The second-order valence-electron chi connectivity index (χ2n) is 6.07. The number of nitrogens with zero attached hydrogens (tertiary/aromatic N) is 1. The summed E-state index contributed by atoms with van der Waals surface area (Å²) in [5.74, 6) is 0.349. The first-order valence-corrected chi connectivity index (χ1v) is 6.01. The van der Waals surface area contributed by atoms with Gasteiger partial charge in [0.15, 0.2) is 0 Å². The van der Waals surface area contributed by atoms with Gasteiger partial charge in [0.25, 0.3) is 5.56 Å². The zero-order valence-corrected chi connectivity index (χ0v) is 11.5. The first kappa shape index (κ1) is 13.1. The number of H-pyrrole nitrogens is 1. The second-order valence-corrected chi connectivity index (χ2v) is 6.07. The van der Waals surface area contributed by atoms with Crippen molar-refractivity contribution in [1.29, 1.82) is 0 Å².